The molecule has 2 atom stereocenters. The molecular formula is C25H20N2O8. The fourth-order valence-corrected chi connectivity index (χ4v) is 4.94. The topological polar surface area (TPSA) is 136 Å². The minimum absolute atomic E-state index is 0.0282. The lowest BCUT2D eigenvalue weighted by molar-refractivity contribution is -0.150. The molecule has 2 aliphatic rings. The third-order valence-corrected chi connectivity index (χ3v) is 6.31. The molecule has 0 bridgehead atoms. The molecule has 178 valence electrons. The summed E-state index contributed by atoms with van der Waals surface area (Å²) in [6.45, 7) is 1.09. The molecule has 2 unspecified atom stereocenters. The number of fused-ring (bicyclic) bond motifs is 6. The number of nitrogens with one attached hydrogen (secondary N) is 1. The molecule has 3 aromatic rings. The average molecular weight is 476 g/mol. The number of rotatable bonds is 4. The van der Waals surface area contributed by atoms with Crippen molar-refractivity contribution < 1.29 is 33.0 Å². The molecule has 0 fully saturated rings. The highest BCUT2D eigenvalue weighted by Gasteiger charge is 2.66. The van der Waals surface area contributed by atoms with E-state index in [0.717, 1.165) is 4.90 Å². The second-order valence-electron chi connectivity index (χ2n) is 8.03. The number of amides is 1. The lowest BCUT2D eigenvalue weighted by atomic mass is 9.64. The van der Waals surface area contributed by atoms with Crippen LogP contribution in [0.1, 0.15) is 18.1 Å². The van der Waals surface area contributed by atoms with Gasteiger partial charge in [0.2, 0.25) is 11.8 Å². The molecule has 0 radical (unpaired) electrons. The number of para-hydroxylation sites is 2. The molecule has 0 saturated heterocycles. The number of anilines is 1. The zero-order chi connectivity index (χ0) is 24.9. The standard InChI is InChI=1S/C25H20N2O8/c1-3-33-22(29)19-21(26)35-20-13-8-4-7-11-16(13)34-23(30)18(20)25(19)14-9-5-6-10-15(14)27(24(25)31)12-17(28)32-2/h4-11,19,26H,3,12H2,1-2H3. The monoisotopic (exact) mass is 476 g/mol. The van der Waals surface area contributed by atoms with E-state index in [1.807, 2.05) is 0 Å². The van der Waals surface area contributed by atoms with Gasteiger partial charge in [-0.3, -0.25) is 24.7 Å². The van der Waals surface area contributed by atoms with E-state index in [0.29, 0.717) is 11.1 Å². The van der Waals surface area contributed by atoms with Crippen molar-refractivity contribution >= 4 is 40.4 Å². The molecule has 1 aromatic heterocycles. The minimum Gasteiger partial charge on any atom is -0.468 e. The summed E-state index contributed by atoms with van der Waals surface area (Å²) in [4.78, 5) is 54.4. The number of ether oxygens (including phenoxy) is 3. The number of nitrogens with zero attached hydrogens (tertiary/aromatic N) is 1. The molecule has 1 N–H and O–H groups in total. The number of methoxy groups -OCH3 is 1. The normalized spacial score (nSPS) is 20.4. The summed E-state index contributed by atoms with van der Waals surface area (Å²) in [7, 11) is 1.19. The zero-order valence-electron chi connectivity index (χ0n) is 18.8. The lowest BCUT2D eigenvalue weighted by Gasteiger charge is -2.39. The van der Waals surface area contributed by atoms with Gasteiger partial charge >= 0.3 is 17.6 Å². The number of esters is 2. The Kier molecular flexibility index (Phi) is 5.16. The number of hydrogen-bond donors (Lipinski definition) is 1. The zero-order valence-corrected chi connectivity index (χ0v) is 18.8. The molecule has 2 aliphatic heterocycles. The maximum atomic E-state index is 14.3. The van der Waals surface area contributed by atoms with Crippen molar-refractivity contribution in [3.8, 4) is 5.75 Å². The van der Waals surface area contributed by atoms with Crippen LogP contribution in [-0.4, -0.2) is 44.0 Å². The van der Waals surface area contributed by atoms with Crippen molar-refractivity contribution in [2.75, 3.05) is 25.2 Å². The van der Waals surface area contributed by atoms with Gasteiger partial charge in [-0.05, 0) is 30.7 Å². The van der Waals surface area contributed by atoms with E-state index in [1.165, 1.54) is 7.11 Å². The van der Waals surface area contributed by atoms with Crippen molar-refractivity contribution in [2.24, 2.45) is 5.92 Å². The van der Waals surface area contributed by atoms with Crippen LogP contribution in [0, 0.1) is 11.3 Å². The first kappa shape index (κ1) is 22.3. The molecule has 1 amide bonds. The second kappa shape index (κ2) is 8.08. The Morgan fingerprint density at radius 1 is 1.11 bits per heavy atom. The van der Waals surface area contributed by atoms with Crippen LogP contribution < -0.4 is 15.3 Å². The quantitative estimate of drug-likeness (QED) is 0.447. The van der Waals surface area contributed by atoms with Gasteiger partial charge in [0.15, 0.2) is 11.7 Å². The van der Waals surface area contributed by atoms with Gasteiger partial charge in [0.1, 0.15) is 23.1 Å². The van der Waals surface area contributed by atoms with Crippen molar-refractivity contribution in [3.05, 3.63) is 70.1 Å². The number of benzene rings is 2. The van der Waals surface area contributed by atoms with Crippen molar-refractivity contribution in [2.45, 2.75) is 12.3 Å². The maximum Gasteiger partial charge on any atom is 0.344 e. The summed E-state index contributed by atoms with van der Waals surface area (Å²) in [5.41, 5.74) is -2.43. The Hall–Kier alpha value is -4.47. The third kappa shape index (κ3) is 2.99. The van der Waals surface area contributed by atoms with Crippen LogP contribution in [0.2, 0.25) is 0 Å². The Bertz CT molecular complexity index is 1480. The van der Waals surface area contributed by atoms with Crippen molar-refractivity contribution in [3.63, 3.8) is 0 Å². The van der Waals surface area contributed by atoms with E-state index in [1.54, 1.807) is 55.5 Å². The van der Waals surface area contributed by atoms with Gasteiger partial charge < -0.3 is 18.6 Å². The highest BCUT2D eigenvalue weighted by molar-refractivity contribution is 6.20. The lowest BCUT2D eigenvalue weighted by Crippen LogP contribution is -2.58. The molecule has 1 spiro atoms. The predicted molar refractivity (Wildman–Crippen MR) is 123 cm³/mol. The van der Waals surface area contributed by atoms with Gasteiger partial charge in [-0.25, -0.2) is 4.79 Å². The van der Waals surface area contributed by atoms with Gasteiger partial charge in [0, 0.05) is 5.69 Å². The highest BCUT2D eigenvalue weighted by Crippen LogP contribution is 2.55. The summed E-state index contributed by atoms with van der Waals surface area (Å²) in [5, 5.41) is 9.03. The van der Waals surface area contributed by atoms with E-state index >= 15 is 0 Å². The summed E-state index contributed by atoms with van der Waals surface area (Å²) in [6, 6.07) is 13.0. The fourth-order valence-electron chi connectivity index (χ4n) is 4.94. The smallest absolute Gasteiger partial charge is 0.344 e. The molecular weight excluding hydrogens is 456 g/mol. The minimum atomic E-state index is -2.05. The van der Waals surface area contributed by atoms with E-state index in [9.17, 15) is 19.2 Å². The van der Waals surface area contributed by atoms with E-state index in [2.05, 4.69) is 0 Å². The van der Waals surface area contributed by atoms with Gasteiger partial charge in [-0.2, -0.15) is 0 Å². The van der Waals surface area contributed by atoms with Crippen molar-refractivity contribution in [1.29, 1.82) is 5.41 Å². The molecule has 3 heterocycles. The van der Waals surface area contributed by atoms with Crippen LogP contribution in [0.4, 0.5) is 5.69 Å². The first-order valence-electron chi connectivity index (χ1n) is 10.8. The van der Waals surface area contributed by atoms with Gasteiger partial charge in [-0.15, -0.1) is 0 Å². The van der Waals surface area contributed by atoms with Crippen LogP contribution in [0.25, 0.3) is 11.0 Å². The van der Waals surface area contributed by atoms with Crippen LogP contribution in [0.3, 0.4) is 0 Å². The number of hydrogen-bond acceptors (Lipinski definition) is 9. The second-order valence-corrected chi connectivity index (χ2v) is 8.03. The first-order chi connectivity index (χ1) is 16.9. The van der Waals surface area contributed by atoms with Gasteiger partial charge in [-0.1, -0.05) is 30.3 Å². The number of carbonyl (C=O) groups excluding carboxylic acids is 3. The van der Waals surface area contributed by atoms with Gasteiger partial charge in [0.25, 0.3) is 0 Å². The Balaban J connectivity index is 1.91. The Labute approximate surface area is 198 Å². The summed E-state index contributed by atoms with van der Waals surface area (Å²) in [5.74, 6) is -4.63. The molecule has 5 rings (SSSR count). The van der Waals surface area contributed by atoms with Crippen molar-refractivity contribution in [1.82, 2.24) is 0 Å². The molecule has 0 saturated carbocycles. The Morgan fingerprint density at radius 3 is 2.57 bits per heavy atom. The fraction of sp³-hybridized carbons (Fsp3) is 0.240. The molecule has 0 aliphatic carbocycles. The van der Waals surface area contributed by atoms with E-state index in [-0.39, 0.29) is 29.1 Å². The van der Waals surface area contributed by atoms with Crippen LogP contribution in [-0.2, 0) is 29.3 Å². The van der Waals surface area contributed by atoms with Crippen LogP contribution in [0.15, 0.2) is 57.7 Å². The van der Waals surface area contributed by atoms with E-state index in [4.69, 9.17) is 24.0 Å². The summed E-state index contributed by atoms with van der Waals surface area (Å²) in [6.07, 6.45) is 0. The first-order valence-corrected chi connectivity index (χ1v) is 10.8. The average Bonchev–Trinajstić information content (AvgIpc) is 3.07. The van der Waals surface area contributed by atoms with Crippen LogP contribution in [0.5, 0.6) is 5.75 Å². The summed E-state index contributed by atoms with van der Waals surface area (Å²) < 4.78 is 21.3. The van der Waals surface area contributed by atoms with Crippen LogP contribution >= 0.6 is 0 Å². The largest absolute Gasteiger partial charge is 0.468 e. The molecule has 2 aromatic carbocycles. The number of carbonyl (C=O) groups is 3. The third-order valence-electron chi connectivity index (χ3n) is 6.31. The maximum absolute atomic E-state index is 14.3. The summed E-state index contributed by atoms with van der Waals surface area (Å²) >= 11 is 0. The Morgan fingerprint density at radius 2 is 1.83 bits per heavy atom. The molecule has 10 heteroatoms. The predicted octanol–water partition coefficient (Wildman–Crippen LogP) is 2.15. The molecule has 10 nitrogen and oxygen atoms in total. The van der Waals surface area contributed by atoms with E-state index < -0.39 is 47.2 Å². The highest BCUT2D eigenvalue weighted by atomic mass is 16.5. The molecule has 35 heavy (non-hydrogen) atoms. The van der Waals surface area contributed by atoms with Gasteiger partial charge in [0.05, 0.1) is 19.1 Å². The SMILES string of the molecule is CCOC(=O)C1C(=N)Oc2c(c(=O)oc3ccccc23)C12C(=O)N(CC(=O)OC)c1ccccc12.